The molecule has 0 spiro atoms. The van der Waals surface area contributed by atoms with Gasteiger partial charge in [0, 0.05) is 57.6 Å². The van der Waals surface area contributed by atoms with Crippen LogP contribution in [0.3, 0.4) is 0 Å². The predicted octanol–water partition coefficient (Wildman–Crippen LogP) is 3.69. The Kier molecular flexibility index (Phi) is 12.1. The number of likely N-dealkylation sites (tertiary alicyclic amines) is 1. The van der Waals surface area contributed by atoms with E-state index < -0.39 is 0 Å². The summed E-state index contributed by atoms with van der Waals surface area (Å²) in [6.45, 7) is 14.2. The molecule has 3 N–H and O–H groups in total. The van der Waals surface area contributed by atoms with Crippen molar-refractivity contribution >= 4 is 35.6 Å². The van der Waals surface area contributed by atoms with E-state index in [4.69, 9.17) is 4.99 Å². The third-order valence-electron chi connectivity index (χ3n) is 6.49. The Morgan fingerprint density at radius 1 is 1.06 bits per heavy atom. The molecular weight excluding hydrogens is 513 g/mol. The van der Waals surface area contributed by atoms with Crippen LogP contribution in [0.5, 0.6) is 0 Å². The molecule has 0 saturated carbocycles. The molecule has 0 unspecified atom stereocenters. The van der Waals surface area contributed by atoms with Gasteiger partial charge < -0.3 is 25.5 Å². The van der Waals surface area contributed by atoms with Crippen molar-refractivity contribution in [1.29, 1.82) is 0 Å². The van der Waals surface area contributed by atoms with E-state index in [1.807, 2.05) is 0 Å². The average molecular weight is 558 g/mol. The first-order chi connectivity index (χ1) is 15.1. The second-order valence-corrected chi connectivity index (χ2v) is 9.59. The minimum absolute atomic E-state index is 0. The van der Waals surface area contributed by atoms with Gasteiger partial charge in [-0.25, -0.2) is 4.99 Å². The van der Waals surface area contributed by atoms with Crippen molar-refractivity contribution in [3.63, 3.8) is 0 Å². The Bertz CT molecular complexity index is 665. The highest BCUT2D eigenvalue weighted by Crippen LogP contribution is 2.23. The van der Waals surface area contributed by atoms with E-state index in [0.29, 0.717) is 25.1 Å². The van der Waals surface area contributed by atoms with Gasteiger partial charge in [0.25, 0.3) is 0 Å². The highest BCUT2D eigenvalue weighted by molar-refractivity contribution is 14.0. The van der Waals surface area contributed by atoms with E-state index in [0.717, 1.165) is 44.4 Å². The molecule has 6 nitrogen and oxygen atoms in total. The molecule has 1 aromatic carbocycles. The monoisotopic (exact) mass is 557 g/mol. The van der Waals surface area contributed by atoms with Crippen LogP contribution in [0, 0.1) is 11.8 Å². The lowest BCUT2D eigenvalue weighted by molar-refractivity contribution is 0.187. The standard InChI is InChI=1S/C25H43N5O.HI/c1-4-26-25(28-23-11-13-29(14-12-23)18-20(2)3)27-17-21-5-7-24(8-6-21)30-15-9-22(19-31)10-16-30;/h5-8,20,22-23,31H,4,9-19H2,1-3H3,(H2,26,27,28);1H. The van der Waals surface area contributed by atoms with Crippen molar-refractivity contribution in [2.24, 2.45) is 16.8 Å². The van der Waals surface area contributed by atoms with Gasteiger partial charge >= 0.3 is 0 Å². The molecular formula is C25H44IN5O. The first-order valence-electron chi connectivity index (χ1n) is 12.3. The molecule has 2 saturated heterocycles. The van der Waals surface area contributed by atoms with E-state index >= 15 is 0 Å². The van der Waals surface area contributed by atoms with E-state index in [-0.39, 0.29) is 24.0 Å². The number of aliphatic imine (C=N–C) groups is 1. The maximum absolute atomic E-state index is 9.33. The molecule has 2 fully saturated rings. The largest absolute Gasteiger partial charge is 0.396 e. The molecule has 0 bridgehead atoms. The quantitative estimate of drug-likeness (QED) is 0.259. The second kappa shape index (κ2) is 14.3. The topological polar surface area (TPSA) is 63.1 Å². The van der Waals surface area contributed by atoms with Crippen LogP contribution in [-0.4, -0.2) is 67.9 Å². The third kappa shape index (κ3) is 8.71. The van der Waals surface area contributed by atoms with Crippen LogP contribution in [0.1, 0.15) is 52.0 Å². The fraction of sp³-hybridized carbons (Fsp3) is 0.720. The number of nitrogens with one attached hydrogen (secondary N) is 2. The summed E-state index contributed by atoms with van der Waals surface area (Å²) in [7, 11) is 0. The molecule has 0 amide bonds. The Hall–Kier alpha value is -1.06. The number of nitrogens with zero attached hydrogens (tertiary/aromatic N) is 3. The summed E-state index contributed by atoms with van der Waals surface area (Å²) in [6.07, 6.45) is 4.52. The molecule has 0 aromatic heterocycles. The summed E-state index contributed by atoms with van der Waals surface area (Å²) in [6, 6.07) is 9.34. The Morgan fingerprint density at radius 3 is 2.28 bits per heavy atom. The van der Waals surface area contributed by atoms with E-state index in [1.54, 1.807) is 0 Å². The zero-order chi connectivity index (χ0) is 22.1. The summed E-state index contributed by atoms with van der Waals surface area (Å²) in [5, 5.41) is 16.4. The fourth-order valence-corrected chi connectivity index (χ4v) is 4.65. The first kappa shape index (κ1) is 27.2. The lowest BCUT2D eigenvalue weighted by Crippen LogP contribution is -2.49. The molecule has 2 aliphatic heterocycles. The Balaban J connectivity index is 0.00000363. The van der Waals surface area contributed by atoms with Crippen LogP contribution in [0.15, 0.2) is 29.3 Å². The van der Waals surface area contributed by atoms with Crippen LogP contribution >= 0.6 is 24.0 Å². The maximum Gasteiger partial charge on any atom is 0.191 e. The minimum atomic E-state index is 0. The van der Waals surface area contributed by atoms with Crippen molar-refractivity contribution < 1.29 is 5.11 Å². The SMILES string of the molecule is CCNC(=NCc1ccc(N2CCC(CO)CC2)cc1)NC1CCN(CC(C)C)CC1.I. The Morgan fingerprint density at radius 2 is 1.72 bits per heavy atom. The summed E-state index contributed by atoms with van der Waals surface area (Å²) in [5.74, 6) is 2.14. The number of hydrogen-bond donors (Lipinski definition) is 3. The molecule has 32 heavy (non-hydrogen) atoms. The van der Waals surface area contributed by atoms with E-state index in [2.05, 4.69) is 65.5 Å². The van der Waals surface area contributed by atoms with Crippen LogP contribution < -0.4 is 15.5 Å². The van der Waals surface area contributed by atoms with Gasteiger partial charge in [-0.05, 0) is 62.1 Å². The number of halogens is 1. The molecule has 2 aliphatic rings. The lowest BCUT2D eigenvalue weighted by atomic mass is 9.97. The highest BCUT2D eigenvalue weighted by atomic mass is 127. The maximum atomic E-state index is 9.33. The van der Waals surface area contributed by atoms with Crippen molar-refractivity contribution in [1.82, 2.24) is 15.5 Å². The fourth-order valence-electron chi connectivity index (χ4n) is 4.65. The summed E-state index contributed by atoms with van der Waals surface area (Å²) in [4.78, 5) is 9.86. The minimum Gasteiger partial charge on any atom is -0.396 e. The average Bonchev–Trinajstić information content (AvgIpc) is 2.79. The summed E-state index contributed by atoms with van der Waals surface area (Å²) >= 11 is 0. The van der Waals surface area contributed by atoms with Crippen molar-refractivity contribution in [3.05, 3.63) is 29.8 Å². The van der Waals surface area contributed by atoms with Gasteiger partial charge in [0.15, 0.2) is 5.96 Å². The van der Waals surface area contributed by atoms with E-state index in [9.17, 15) is 5.11 Å². The van der Waals surface area contributed by atoms with Gasteiger partial charge in [0.05, 0.1) is 6.54 Å². The van der Waals surface area contributed by atoms with Gasteiger partial charge in [0.2, 0.25) is 0 Å². The van der Waals surface area contributed by atoms with Crippen molar-refractivity contribution in [2.75, 3.05) is 50.8 Å². The van der Waals surface area contributed by atoms with Crippen LogP contribution in [0.4, 0.5) is 5.69 Å². The summed E-state index contributed by atoms with van der Waals surface area (Å²) < 4.78 is 0. The number of hydrogen-bond acceptors (Lipinski definition) is 4. The first-order valence-corrected chi connectivity index (χ1v) is 12.3. The highest BCUT2D eigenvalue weighted by Gasteiger charge is 2.21. The molecule has 0 aliphatic carbocycles. The normalized spacial score (nSPS) is 19.2. The van der Waals surface area contributed by atoms with Crippen LogP contribution in [-0.2, 0) is 6.54 Å². The second-order valence-electron chi connectivity index (χ2n) is 9.59. The molecule has 7 heteroatoms. The number of guanidine groups is 1. The van der Waals surface area contributed by atoms with Gasteiger partial charge in [0.1, 0.15) is 0 Å². The van der Waals surface area contributed by atoms with Gasteiger partial charge in [-0.15, -0.1) is 24.0 Å². The molecule has 3 rings (SSSR count). The van der Waals surface area contributed by atoms with Crippen LogP contribution in [0.2, 0.25) is 0 Å². The number of piperidine rings is 2. The smallest absolute Gasteiger partial charge is 0.191 e. The Labute approximate surface area is 212 Å². The van der Waals surface area contributed by atoms with Crippen LogP contribution in [0.25, 0.3) is 0 Å². The van der Waals surface area contributed by atoms with Gasteiger partial charge in [-0.1, -0.05) is 26.0 Å². The number of aliphatic hydroxyl groups excluding tert-OH is 1. The number of aliphatic hydroxyl groups is 1. The zero-order valence-electron chi connectivity index (χ0n) is 20.2. The molecule has 2 heterocycles. The van der Waals surface area contributed by atoms with Gasteiger partial charge in [-0.3, -0.25) is 0 Å². The summed E-state index contributed by atoms with van der Waals surface area (Å²) in [5.41, 5.74) is 2.51. The van der Waals surface area contributed by atoms with Gasteiger partial charge in [-0.2, -0.15) is 0 Å². The molecule has 1 aromatic rings. The molecule has 0 atom stereocenters. The van der Waals surface area contributed by atoms with Crippen molar-refractivity contribution in [2.45, 2.75) is 59.0 Å². The molecule has 182 valence electrons. The molecule has 0 radical (unpaired) electrons. The predicted molar refractivity (Wildman–Crippen MR) is 146 cm³/mol. The lowest BCUT2D eigenvalue weighted by Gasteiger charge is -2.34. The zero-order valence-corrected chi connectivity index (χ0v) is 22.6. The number of rotatable bonds is 8. The van der Waals surface area contributed by atoms with E-state index in [1.165, 1.54) is 43.7 Å². The number of anilines is 1. The number of benzene rings is 1. The third-order valence-corrected chi connectivity index (χ3v) is 6.49. The van der Waals surface area contributed by atoms with Crippen molar-refractivity contribution in [3.8, 4) is 0 Å².